The molecule has 1 aliphatic rings. The normalized spacial score (nSPS) is 19.4. The van der Waals surface area contributed by atoms with E-state index in [-0.39, 0.29) is 18.1 Å². The second kappa shape index (κ2) is 8.89. The molecule has 0 radical (unpaired) electrons. The molecule has 144 valence electrons. The van der Waals surface area contributed by atoms with E-state index in [2.05, 4.69) is 10.3 Å². The molecule has 1 amide bonds. The lowest BCUT2D eigenvalue weighted by atomic mass is 9.92. The molecule has 1 aromatic carbocycles. The average Bonchev–Trinajstić information content (AvgIpc) is 2.65. The van der Waals surface area contributed by atoms with Crippen LogP contribution in [0.2, 0.25) is 0 Å². The van der Waals surface area contributed by atoms with Gasteiger partial charge in [-0.15, -0.1) is 0 Å². The first-order valence-electron chi connectivity index (χ1n) is 9.55. The number of hydrogen-bond donors (Lipinski definition) is 1. The molecule has 1 heterocycles. The first kappa shape index (κ1) is 19.2. The fraction of sp³-hybridized carbons (Fsp3) is 0.455. The molecule has 0 spiro atoms. The Balaban J connectivity index is 1.43. The van der Waals surface area contributed by atoms with Crippen molar-refractivity contribution in [2.75, 3.05) is 7.11 Å². The molecule has 27 heavy (non-hydrogen) atoms. The van der Waals surface area contributed by atoms with Gasteiger partial charge in [-0.2, -0.15) is 0 Å². The van der Waals surface area contributed by atoms with Crippen LogP contribution in [0.25, 0.3) is 0 Å². The van der Waals surface area contributed by atoms with Crippen LogP contribution in [0.1, 0.15) is 42.4 Å². The van der Waals surface area contributed by atoms with Gasteiger partial charge in [-0.1, -0.05) is 18.2 Å². The van der Waals surface area contributed by atoms with Crippen LogP contribution in [0.4, 0.5) is 0 Å². The third-order valence-electron chi connectivity index (χ3n) is 5.03. The molecule has 5 heteroatoms. The highest BCUT2D eigenvalue weighted by molar-refractivity contribution is 5.79. The summed E-state index contributed by atoms with van der Waals surface area (Å²) in [7, 11) is 1.66. The molecule has 0 unspecified atom stereocenters. The van der Waals surface area contributed by atoms with E-state index in [4.69, 9.17) is 9.47 Å². The zero-order valence-corrected chi connectivity index (χ0v) is 16.3. The maximum absolute atomic E-state index is 12.4. The highest BCUT2D eigenvalue weighted by Gasteiger charge is 2.24. The molecule has 1 aliphatic carbocycles. The van der Waals surface area contributed by atoms with Crippen molar-refractivity contribution in [2.24, 2.45) is 0 Å². The summed E-state index contributed by atoms with van der Waals surface area (Å²) in [6.07, 6.45) is 6.13. The average molecular weight is 368 g/mol. The third-order valence-corrected chi connectivity index (χ3v) is 5.03. The lowest BCUT2D eigenvalue weighted by Gasteiger charge is -2.29. The Morgan fingerprint density at radius 2 is 1.93 bits per heavy atom. The van der Waals surface area contributed by atoms with Gasteiger partial charge in [-0.3, -0.25) is 4.79 Å². The van der Waals surface area contributed by atoms with Crippen molar-refractivity contribution in [1.29, 1.82) is 0 Å². The predicted molar refractivity (Wildman–Crippen MR) is 105 cm³/mol. The van der Waals surface area contributed by atoms with Crippen molar-refractivity contribution in [3.8, 4) is 11.6 Å². The van der Waals surface area contributed by atoms with E-state index in [9.17, 15) is 4.79 Å². The van der Waals surface area contributed by atoms with E-state index in [0.29, 0.717) is 12.3 Å². The Morgan fingerprint density at radius 1 is 1.15 bits per heavy atom. The van der Waals surface area contributed by atoms with E-state index < -0.39 is 0 Å². The number of pyridine rings is 1. The number of nitrogens with zero attached hydrogens (tertiary/aromatic N) is 1. The third kappa shape index (κ3) is 5.46. The maximum atomic E-state index is 12.4. The molecule has 1 N–H and O–H groups in total. The minimum absolute atomic E-state index is 0.0733. The molecule has 0 bridgehead atoms. The fourth-order valence-corrected chi connectivity index (χ4v) is 3.53. The zero-order chi connectivity index (χ0) is 19.2. The minimum Gasteiger partial charge on any atom is -0.496 e. The summed E-state index contributed by atoms with van der Waals surface area (Å²) < 4.78 is 11.2. The highest BCUT2D eigenvalue weighted by Crippen LogP contribution is 2.23. The SMILES string of the molecule is COc1ccc(CC(=O)NC2CCC(Oc3ccc(C)cn3)CC2)cc1C. The number of hydrogen-bond acceptors (Lipinski definition) is 4. The van der Waals surface area contributed by atoms with Crippen LogP contribution in [0, 0.1) is 13.8 Å². The largest absolute Gasteiger partial charge is 0.496 e. The first-order chi connectivity index (χ1) is 13.0. The number of carbonyl (C=O) groups excluding carboxylic acids is 1. The second-order valence-electron chi connectivity index (χ2n) is 7.31. The van der Waals surface area contributed by atoms with Gasteiger partial charge in [0.05, 0.1) is 13.5 Å². The molecule has 1 saturated carbocycles. The number of carbonyl (C=O) groups is 1. The van der Waals surface area contributed by atoms with Gasteiger partial charge in [0.2, 0.25) is 11.8 Å². The summed E-state index contributed by atoms with van der Waals surface area (Å²) in [6, 6.07) is 10.0. The summed E-state index contributed by atoms with van der Waals surface area (Å²) in [5.74, 6) is 1.60. The molecule has 0 atom stereocenters. The predicted octanol–water partition coefficient (Wildman–Crippen LogP) is 3.76. The number of methoxy groups -OCH3 is 1. The molecule has 0 aliphatic heterocycles. The smallest absolute Gasteiger partial charge is 0.224 e. The summed E-state index contributed by atoms with van der Waals surface area (Å²) in [4.78, 5) is 16.7. The maximum Gasteiger partial charge on any atom is 0.224 e. The Hall–Kier alpha value is -2.56. The van der Waals surface area contributed by atoms with E-state index in [1.54, 1.807) is 7.11 Å². The Morgan fingerprint density at radius 3 is 2.56 bits per heavy atom. The molecule has 0 saturated heterocycles. The van der Waals surface area contributed by atoms with Crippen LogP contribution in [0.5, 0.6) is 11.6 Å². The second-order valence-corrected chi connectivity index (χ2v) is 7.31. The Kier molecular flexibility index (Phi) is 6.32. The van der Waals surface area contributed by atoms with Crippen molar-refractivity contribution in [3.63, 3.8) is 0 Å². The first-order valence-corrected chi connectivity index (χ1v) is 9.55. The van der Waals surface area contributed by atoms with Crippen LogP contribution < -0.4 is 14.8 Å². The molecular weight excluding hydrogens is 340 g/mol. The highest BCUT2D eigenvalue weighted by atomic mass is 16.5. The van der Waals surface area contributed by atoms with E-state index >= 15 is 0 Å². The van der Waals surface area contributed by atoms with Gasteiger partial charge in [0, 0.05) is 18.3 Å². The number of rotatable bonds is 6. The molecule has 3 rings (SSSR count). The lowest BCUT2D eigenvalue weighted by Crippen LogP contribution is -2.40. The van der Waals surface area contributed by atoms with Gasteiger partial charge in [0.25, 0.3) is 0 Å². The lowest BCUT2D eigenvalue weighted by molar-refractivity contribution is -0.121. The van der Waals surface area contributed by atoms with Crippen LogP contribution in [0.15, 0.2) is 36.5 Å². The van der Waals surface area contributed by atoms with E-state index in [0.717, 1.165) is 48.1 Å². The standard InChI is InChI=1S/C22H28N2O3/c1-15-4-11-22(23-14-15)27-19-8-6-18(7-9-19)24-21(25)13-17-5-10-20(26-3)16(2)12-17/h4-5,10-12,14,18-19H,6-9,13H2,1-3H3,(H,24,25). The topological polar surface area (TPSA) is 60.5 Å². The fourth-order valence-electron chi connectivity index (χ4n) is 3.53. The van der Waals surface area contributed by atoms with Crippen LogP contribution >= 0.6 is 0 Å². The monoisotopic (exact) mass is 368 g/mol. The van der Waals surface area contributed by atoms with Gasteiger partial charge < -0.3 is 14.8 Å². The molecule has 5 nitrogen and oxygen atoms in total. The number of benzene rings is 1. The summed E-state index contributed by atoms with van der Waals surface area (Å²) in [6.45, 7) is 4.00. The number of nitrogens with one attached hydrogen (secondary N) is 1. The Labute approximate surface area is 161 Å². The summed E-state index contributed by atoms with van der Waals surface area (Å²) >= 11 is 0. The van der Waals surface area contributed by atoms with Gasteiger partial charge in [0.15, 0.2) is 0 Å². The number of amides is 1. The number of ether oxygens (including phenoxy) is 2. The van der Waals surface area contributed by atoms with Crippen LogP contribution in [-0.2, 0) is 11.2 Å². The van der Waals surface area contributed by atoms with Gasteiger partial charge in [-0.25, -0.2) is 4.98 Å². The molecule has 1 aromatic heterocycles. The summed E-state index contributed by atoms with van der Waals surface area (Å²) in [5.41, 5.74) is 3.18. The van der Waals surface area contributed by atoms with Crippen molar-refractivity contribution in [1.82, 2.24) is 10.3 Å². The minimum atomic E-state index is 0.0733. The zero-order valence-electron chi connectivity index (χ0n) is 16.3. The van der Waals surface area contributed by atoms with Gasteiger partial charge in [0.1, 0.15) is 11.9 Å². The van der Waals surface area contributed by atoms with E-state index in [1.165, 1.54) is 0 Å². The van der Waals surface area contributed by atoms with Crippen molar-refractivity contribution < 1.29 is 14.3 Å². The van der Waals surface area contributed by atoms with Crippen LogP contribution in [0.3, 0.4) is 0 Å². The van der Waals surface area contributed by atoms with Crippen molar-refractivity contribution >= 4 is 5.91 Å². The number of aromatic nitrogens is 1. The Bertz CT molecular complexity index is 766. The molecule has 2 aromatic rings. The molecular formula is C22H28N2O3. The van der Waals surface area contributed by atoms with Crippen molar-refractivity contribution in [3.05, 3.63) is 53.2 Å². The van der Waals surface area contributed by atoms with Crippen LogP contribution in [-0.4, -0.2) is 30.1 Å². The quantitative estimate of drug-likeness (QED) is 0.843. The summed E-state index contributed by atoms with van der Waals surface area (Å²) in [5, 5.41) is 3.17. The van der Waals surface area contributed by atoms with Gasteiger partial charge >= 0.3 is 0 Å². The number of aryl methyl sites for hydroxylation is 2. The van der Waals surface area contributed by atoms with E-state index in [1.807, 2.05) is 50.4 Å². The van der Waals surface area contributed by atoms with Gasteiger partial charge in [-0.05, 0) is 62.3 Å². The van der Waals surface area contributed by atoms with Crippen molar-refractivity contribution in [2.45, 2.75) is 58.1 Å². The molecule has 1 fully saturated rings.